The molecule has 4 heterocycles. The molecule has 16 heteroatoms. The van der Waals surface area contributed by atoms with E-state index in [0.717, 1.165) is 15.2 Å². The number of amides is 4. The fourth-order valence-electron chi connectivity index (χ4n) is 11.1. The lowest BCUT2D eigenvalue weighted by Gasteiger charge is -2.46. The maximum atomic E-state index is 16.9. The first kappa shape index (κ1) is 51.3. The first-order chi connectivity index (χ1) is 36.9. The number of esters is 2. The topological polar surface area (TPSA) is 180 Å². The Bertz CT molecular complexity index is 3330. The van der Waals surface area contributed by atoms with E-state index in [1.165, 1.54) is 18.4 Å². The van der Waals surface area contributed by atoms with Gasteiger partial charge in [0, 0.05) is 12.1 Å². The standard InChI is InChI=1S/C60H56N6O9S/c1-37(2)49(55(69)73-4)62-59(72)65-46-30-29-38(20-17-31-64(3)36-39-18-8-5-9-19-39)34-44(46)60(57(65)71)48(54(68)63-58-61-45-27-14-15-28-47(45)76-58)51-56(70)75-52(41-23-12-7-13-24-41)50(40-21-10-6-11-22-40)66(51)53(60)42-25-16-26-43(35-42)74-33-32-67/h5-16,18-19,21-30,34-35,37,48-53,67H,31-33,36H2,1-4H3,(H,62,72)(H,61,63,68)/t48-,49-,50-,51-,52+,53+,60-/m0/s1. The van der Waals surface area contributed by atoms with E-state index in [-0.39, 0.29) is 29.6 Å². The molecule has 0 saturated carbocycles. The van der Waals surface area contributed by atoms with Gasteiger partial charge in [-0.3, -0.25) is 24.2 Å². The van der Waals surface area contributed by atoms with E-state index >= 15 is 19.2 Å². The van der Waals surface area contributed by atoms with Crippen molar-refractivity contribution < 1.29 is 43.3 Å². The number of hydrogen-bond acceptors (Lipinski definition) is 13. The zero-order valence-corrected chi connectivity index (χ0v) is 43.1. The molecule has 7 aromatic rings. The Kier molecular flexibility index (Phi) is 14.8. The molecule has 2 saturated heterocycles. The summed E-state index contributed by atoms with van der Waals surface area (Å²) in [5, 5.41) is 16.0. The molecular weight excluding hydrogens is 981 g/mol. The number of carbonyl (C=O) groups excluding carboxylic acids is 5. The summed E-state index contributed by atoms with van der Waals surface area (Å²) < 4.78 is 18.6. The summed E-state index contributed by atoms with van der Waals surface area (Å²) in [7, 11) is 3.18. The van der Waals surface area contributed by atoms with Crippen LogP contribution < -0.4 is 20.3 Å². The fraction of sp³-hybridized carbons (Fsp3) is 0.267. The molecule has 3 N–H and O–H groups in total. The van der Waals surface area contributed by atoms with Crippen molar-refractivity contribution in [1.82, 2.24) is 20.1 Å². The van der Waals surface area contributed by atoms with Gasteiger partial charge in [0.25, 0.3) is 0 Å². The molecule has 0 bridgehead atoms. The number of urea groups is 1. The van der Waals surface area contributed by atoms with Crippen LogP contribution in [0, 0.1) is 23.7 Å². The lowest BCUT2D eigenvalue weighted by molar-refractivity contribution is -0.177. The lowest BCUT2D eigenvalue weighted by Crippen LogP contribution is -2.57. The number of thiazole rings is 1. The molecule has 15 nitrogen and oxygen atoms in total. The SMILES string of the molecule is COC(=O)[C@@H](NC(=O)N1C(=O)[C@@]2(c3cc(C#CCN(C)Cc4ccccc4)ccc31)[C@H](C(=O)Nc1nc3ccccc3s1)[C@H]1C(=O)O[C@H](c3ccccc3)[C@H](c3ccccc3)N1[C@@H]2c1cccc(OCCO)c1)C(C)C. The summed E-state index contributed by atoms with van der Waals surface area (Å²) >= 11 is 1.23. The maximum absolute atomic E-state index is 16.9. The minimum absolute atomic E-state index is 0.0522. The Morgan fingerprint density at radius 3 is 2.22 bits per heavy atom. The summed E-state index contributed by atoms with van der Waals surface area (Å²) in [6.07, 6.45) is -0.973. The van der Waals surface area contributed by atoms with E-state index in [4.69, 9.17) is 19.2 Å². The van der Waals surface area contributed by atoms with Crippen LogP contribution in [0.5, 0.6) is 5.75 Å². The van der Waals surface area contributed by atoms with Crippen LogP contribution in [-0.4, -0.2) is 95.7 Å². The molecule has 4 amide bonds. The monoisotopic (exact) mass is 1040 g/mol. The smallest absolute Gasteiger partial charge is 0.329 e. The number of aliphatic hydroxyl groups excluding tert-OH is 1. The van der Waals surface area contributed by atoms with E-state index in [1.807, 2.05) is 127 Å². The van der Waals surface area contributed by atoms with Gasteiger partial charge in [-0.1, -0.05) is 152 Å². The number of morpholine rings is 1. The predicted octanol–water partition coefficient (Wildman–Crippen LogP) is 8.36. The largest absolute Gasteiger partial charge is 0.491 e. The van der Waals surface area contributed by atoms with Gasteiger partial charge in [-0.25, -0.2) is 19.5 Å². The number of nitrogens with zero attached hydrogens (tertiary/aromatic N) is 4. The number of imide groups is 1. The quantitative estimate of drug-likeness (QED) is 0.0701. The van der Waals surface area contributed by atoms with Crippen LogP contribution >= 0.6 is 11.3 Å². The van der Waals surface area contributed by atoms with Crippen molar-refractivity contribution in [2.75, 3.05) is 44.1 Å². The van der Waals surface area contributed by atoms with Gasteiger partial charge in [0.15, 0.2) is 5.13 Å². The molecule has 6 aromatic carbocycles. The first-order valence-electron chi connectivity index (χ1n) is 25.1. The van der Waals surface area contributed by atoms with Crippen molar-refractivity contribution in [3.63, 3.8) is 0 Å². The highest BCUT2D eigenvalue weighted by atomic mass is 32.1. The van der Waals surface area contributed by atoms with Crippen LogP contribution in [0.25, 0.3) is 10.2 Å². The fourth-order valence-corrected chi connectivity index (χ4v) is 12.0. The number of carbonyl (C=O) groups is 5. The molecule has 3 aliphatic rings. The van der Waals surface area contributed by atoms with Crippen molar-refractivity contribution in [3.8, 4) is 17.6 Å². The zero-order valence-electron chi connectivity index (χ0n) is 42.3. The van der Waals surface area contributed by atoms with Crippen molar-refractivity contribution in [2.45, 2.75) is 56.1 Å². The van der Waals surface area contributed by atoms with Gasteiger partial charge in [0.05, 0.1) is 54.2 Å². The van der Waals surface area contributed by atoms with Gasteiger partial charge >= 0.3 is 18.0 Å². The van der Waals surface area contributed by atoms with E-state index in [1.54, 1.807) is 56.3 Å². The minimum atomic E-state index is -2.16. The van der Waals surface area contributed by atoms with Crippen molar-refractivity contribution in [3.05, 3.63) is 191 Å². The van der Waals surface area contributed by atoms with Gasteiger partial charge in [-0.15, -0.1) is 0 Å². The van der Waals surface area contributed by atoms with Crippen LogP contribution in [0.1, 0.15) is 65.4 Å². The average molecular weight is 1040 g/mol. The summed E-state index contributed by atoms with van der Waals surface area (Å²) in [6.45, 7) is 4.14. The predicted molar refractivity (Wildman–Crippen MR) is 288 cm³/mol. The van der Waals surface area contributed by atoms with Crippen molar-refractivity contribution >= 4 is 62.2 Å². The molecule has 1 spiro atoms. The highest BCUT2D eigenvalue weighted by molar-refractivity contribution is 7.22. The molecule has 0 radical (unpaired) electrons. The van der Waals surface area contributed by atoms with Crippen LogP contribution in [-0.2, 0) is 40.6 Å². The van der Waals surface area contributed by atoms with E-state index in [9.17, 15) is 9.90 Å². The number of methoxy groups -OCH3 is 1. The second-order valence-corrected chi connectivity index (χ2v) is 20.4. The molecule has 386 valence electrons. The number of anilines is 2. The zero-order chi connectivity index (χ0) is 53.1. The number of fused-ring (bicyclic) bond motifs is 4. The van der Waals surface area contributed by atoms with Gasteiger partial charge in [0.2, 0.25) is 11.8 Å². The molecule has 2 fully saturated rings. The van der Waals surface area contributed by atoms with Crippen LogP contribution in [0.2, 0.25) is 0 Å². The molecule has 7 atom stereocenters. The number of aromatic nitrogens is 1. The summed E-state index contributed by atoms with van der Waals surface area (Å²) in [5.74, 6) is 1.74. The van der Waals surface area contributed by atoms with Crippen LogP contribution in [0.3, 0.4) is 0 Å². The number of benzene rings is 6. The van der Waals surface area contributed by atoms with Gasteiger partial charge < -0.3 is 30.0 Å². The highest BCUT2D eigenvalue weighted by Crippen LogP contribution is 2.66. The number of ether oxygens (including phenoxy) is 3. The van der Waals surface area contributed by atoms with Crippen LogP contribution in [0.4, 0.5) is 15.6 Å². The Morgan fingerprint density at radius 2 is 1.53 bits per heavy atom. The lowest BCUT2D eigenvalue weighted by atomic mass is 9.65. The number of hydrogen-bond donors (Lipinski definition) is 3. The van der Waals surface area contributed by atoms with Gasteiger partial charge in [-0.05, 0) is 83.2 Å². The Balaban J connectivity index is 1.24. The van der Waals surface area contributed by atoms with E-state index in [0.29, 0.717) is 46.6 Å². The third-order valence-electron chi connectivity index (χ3n) is 14.3. The third kappa shape index (κ3) is 9.58. The Labute approximate surface area is 444 Å². The van der Waals surface area contributed by atoms with E-state index in [2.05, 4.69) is 27.4 Å². The first-order valence-corrected chi connectivity index (χ1v) is 25.9. The Morgan fingerprint density at radius 1 is 0.842 bits per heavy atom. The highest BCUT2D eigenvalue weighted by Gasteiger charge is 2.76. The Hall–Kier alpha value is -8.20. The van der Waals surface area contributed by atoms with Gasteiger partial charge in [0.1, 0.15) is 36.0 Å². The summed E-state index contributed by atoms with van der Waals surface area (Å²) in [4.78, 5) is 87.0. The maximum Gasteiger partial charge on any atom is 0.329 e. The summed E-state index contributed by atoms with van der Waals surface area (Å²) in [6, 6.07) is 42.5. The second kappa shape index (κ2) is 21.9. The van der Waals surface area contributed by atoms with E-state index < -0.39 is 77.3 Å². The average Bonchev–Trinajstić information content (AvgIpc) is 4.13. The second-order valence-electron chi connectivity index (χ2n) is 19.4. The molecule has 10 rings (SSSR count). The molecule has 3 aliphatic heterocycles. The normalized spacial score (nSPS) is 21.1. The molecule has 0 aliphatic carbocycles. The summed E-state index contributed by atoms with van der Waals surface area (Å²) in [5.41, 5.74) is 2.22. The molecule has 0 unspecified atom stereocenters. The third-order valence-corrected chi connectivity index (χ3v) is 15.2. The van der Waals surface area contributed by atoms with Crippen molar-refractivity contribution in [2.24, 2.45) is 11.8 Å². The van der Waals surface area contributed by atoms with Crippen molar-refractivity contribution in [1.29, 1.82) is 0 Å². The molecule has 1 aromatic heterocycles. The molecular formula is C60H56N6O9S. The number of aliphatic hydroxyl groups is 1. The number of rotatable bonds is 14. The molecule has 76 heavy (non-hydrogen) atoms. The number of cyclic esters (lactones) is 1. The minimum Gasteiger partial charge on any atom is -0.491 e. The number of para-hydroxylation sites is 1. The van der Waals surface area contributed by atoms with Crippen LogP contribution in [0.15, 0.2) is 158 Å². The van der Waals surface area contributed by atoms with Gasteiger partial charge in [-0.2, -0.15) is 0 Å². The number of nitrogens with one attached hydrogen (secondary N) is 2.